The summed E-state index contributed by atoms with van der Waals surface area (Å²) in [6.07, 6.45) is -0.953. The van der Waals surface area contributed by atoms with Crippen molar-refractivity contribution in [1.82, 2.24) is 10.2 Å². The zero-order chi connectivity index (χ0) is 21.1. The zero-order valence-electron chi connectivity index (χ0n) is 17.4. The molecule has 9 heteroatoms. The lowest BCUT2D eigenvalue weighted by molar-refractivity contribution is -0.132. The maximum atomic E-state index is 13.0. The van der Waals surface area contributed by atoms with Crippen molar-refractivity contribution in [2.45, 2.75) is 64.3 Å². The van der Waals surface area contributed by atoms with Gasteiger partial charge in [-0.15, -0.1) is 12.4 Å². The number of alkyl carbamates (subject to hydrolysis) is 1. The first kappa shape index (κ1) is 24.7. The molecule has 1 aliphatic heterocycles. The molecule has 0 spiro atoms. The highest BCUT2D eigenvalue weighted by Crippen LogP contribution is 2.21. The standard InChI is InChI=1S/C20H29N3O5.ClH/c1-19(2,3)28-17(25)22-20(4,5)15(21)16(24)23-14(12-27-18(23)26)11-13-9-7-6-8-10-13;/h6-10,14-15H,11-12,21H2,1-5H3,(H,22,25);1H/t14-,15-;/m1./s1. The lowest BCUT2D eigenvalue weighted by atomic mass is 9.93. The van der Waals surface area contributed by atoms with Gasteiger partial charge in [-0.2, -0.15) is 0 Å². The minimum Gasteiger partial charge on any atom is -0.447 e. The van der Waals surface area contributed by atoms with Crippen LogP contribution in [0.15, 0.2) is 30.3 Å². The van der Waals surface area contributed by atoms with E-state index in [0.29, 0.717) is 6.42 Å². The molecule has 162 valence electrons. The van der Waals surface area contributed by atoms with Crippen LogP contribution in [0.1, 0.15) is 40.2 Å². The molecule has 2 atom stereocenters. The van der Waals surface area contributed by atoms with Crippen LogP contribution in [-0.2, 0) is 20.7 Å². The van der Waals surface area contributed by atoms with Crippen LogP contribution in [0.2, 0.25) is 0 Å². The van der Waals surface area contributed by atoms with Crippen molar-refractivity contribution in [2.24, 2.45) is 5.73 Å². The maximum Gasteiger partial charge on any atom is 0.417 e. The first-order valence-electron chi connectivity index (χ1n) is 9.21. The number of halogens is 1. The number of hydrogen-bond acceptors (Lipinski definition) is 6. The van der Waals surface area contributed by atoms with E-state index in [-0.39, 0.29) is 19.0 Å². The van der Waals surface area contributed by atoms with Gasteiger partial charge in [0, 0.05) is 0 Å². The van der Waals surface area contributed by atoms with Gasteiger partial charge in [0.05, 0.1) is 11.6 Å². The highest BCUT2D eigenvalue weighted by molar-refractivity contribution is 5.97. The number of nitrogens with zero attached hydrogens (tertiary/aromatic N) is 1. The molecule has 3 amide bonds. The van der Waals surface area contributed by atoms with Crippen LogP contribution >= 0.6 is 12.4 Å². The molecule has 0 radical (unpaired) electrons. The van der Waals surface area contributed by atoms with Gasteiger partial charge in [0.1, 0.15) is 18.2 Å². The third-order valence-corrected chi connectivity index (χ3v) is 4.38. The summed E-state index contributed by atoms with van der Waals surface area (Å²) >= 11 is 0. The number of carbonyl (C=O) groups excluding carboxylic acids is 3. The van der Waals surface area contributed by atoms with Gasteiger partial charge in [0.25, 0.3) is 5.91 Å². The van der Waals surface area contributed by atoms with Crippen molar-refractivity contribution in [3.05, 3.63) is 35.9 Å². The fourth-order valence-corrected chi connectivity index (χ4v) is 2.87. The fourth-order valence-electron chi connectivity index (χ4n) is 2.87. The number of amides is 3. The summed E-state index contributed by atoms with van der Waals surface area (Å²) in [7, 11) is 0. The quantitative estimate of drug-likeness (QED) is 0.747. The Hall–Kier alpha value is -2.32. The van der Waals surface area contributed by atoms with E-state index in [1.165, 1.54) is 0 Å². The first-order valence-corrected chi connectivity index (χ1v) is 9.21. The molecule has 1 fully saturated rings. The monoisotopic (exact) mass is 427 g/mol. The Balaban J connectivity index is 0.00000420. The van der Waals surface area contributed by atoms with Crippen LogP contribution < -0.4 is 11.1 Å². The third-order valence-electron chi connectivity index (χ3n) is 4.38. The number of ether oxygens (including phenoxy) is 2. The lowest BCUT2D eigenvalue weighted by Crippen LogP contribution is -2.63. The molecule has 1 aliphatic rings. The average Bonchev–Trinajstić information content (AvgIpc) is 2.92. The number of hydrogen-bond donors (Lipinski definition) is 2. The molecule has 0 bridgehead atoms. The smallest absolute Gasteiger partial charge is 0.417 e. The number of nitrogens with two attached hydrogens (primary N) is 1. The van der Waals surface area contributed by atoms with E-state index in [4.69, 9.17) is 15.2 Å². The van der Waals surface area contributed by atoms with Gasteiger partial charge < -0.3 is 20.5 Å². The number of nitrogens with one attached hydrogen (secondary N) is 1. The Morgan fingerprint density at radius 3 is 2.38 bits per heavy atom. The van der Waals surface area contributed by atoms with E-state index in [0.717, 1.165) is 10.5 Å². The van der Waals surface area contributed by atoms with E-state index in [1.807, 2.05) is 30.3 Å². The SMILES string of the molecule is CC(C)(C)OC(=O)NC(C)(C)[C@H](N)C(=O)N1C(=O)OC[C@H]1Cc1ccccc1.Cl. The Bertz CT molecular complexity index is 733. The molecule has 29 heavy (non-hydrogen) atoms. The summed E-state index contributed by atoms with van der Waals surface area (Å²) in [6, 6.07) is 7.88. The van der Waals surface area contributed by atoms with Crippen LogP contribution in [0.25, 0.3) is 0 Å². The van der Waals surface area contributed by atoms with E-state index in [1.54, 1.807) is 34.6 Å². The number of benzene rings is 1. The van der Waals surface area contributed by atoms with Crippen molar-refractivity contribution < 1.29 is 23.9 Å². The van der Waals surface area contributed by atoms with Gasteiger partial charge >= 0.3 is 12.2 Å². The molecular weight excluding hydrogens is 398 g/mol. The van der Waals surface area contributed by atoms with Crippen LogP contribution in [0.4, 0.5) is 9.59 Å². The Labute approximate surface area is 177 Å². The van der Waals surface area contributed by atoms with Gasteiger partial charge in [-0.3, -0.25) is 4.79 Å². The van der Waals surface area contributed by atoms with Crippen LogP contribution in [0.5, 0.6) is 0 Å². The maximum absolute atomic E-state index is 13.0. The molecule has 1 aromatic rings. The second-order valence-corrected chi connectivity index (χ2v) is 8.45. The molecule has 1 aromatic carbocycles. The molecule has 1 heterocycles. The summed E-state index contributed by atoms with van der Waals surface area (Å²) in [5.41, 5.74) is 5.28. The largest absolute Gasteiger partial charge is 0.447 e. The van der Waals surface area contributed by atoms with Crippen molar-refractivity contribution in [3.8, 4) is 0 Å². The lowest BCUT2D eigenvalue weighted by Gasteiger charge is -2.34. The summed E-state index contributed by atoms with van der Waals surface area (Å²) < 4.78 is 10.3. The molecule has 0 saturated carbocycles. The fraction of sp³-hybridized carbons (Fsp3) is 0.550. The minimum atomic E-state index is -1.16. The minimum absolute atomic E-state index is 0. The highest BCUT2D eigenvalue weighted by atomic mass is 35.5. The predicted molar refractivity (Wildman–Crippen MR) is 111 cm³/mol. The second kappa shape index (κ2) is 9.45. The van der Waals surface area contributed by atoms with Crippen LogP contribution in [-0.4, -0.2) is 52.8 Å². The van der Waals surface area contributed by atoms with Crippen molar-refractivity contribution in [3.63, 3.8) is 0 Å². The molecule has 8 nitrogen and oxygen atoms in total. The summed E-state index contributed by atoms with van der Waals surface area (Å²) in [5, 5.41) is 2.61. The van der Waals surface area contributed by atoms with Crippen molar-refractivity contribution in [2.75, 3.05) is 6.61 Å². The zero-order valence-corrected chi connectivity index (χ0v) is 18.2. The molecule has 0 aromatic heterocycles. The number of carbonyl (C=O) groups is 3. The first-order chi connectivity index (χ1) is 12.9. The molecule has 0 unspecified atom stereocenters. The molecule has 3 N–H and O–H groups in total. The Morgan fingerprint density at radius 1 is 1.24 bits per heavy atom. The van der Waals surface area contributed by atoms with Gasteiger partial charge in [-0.1, -0.05) is 30.3 Å². The molecule has 0 aliphatic carbocycles. The number of cyclic esters (lactones) is 1. The van der Waals surface area contributed by atoms with E-state index in [9.17, 15) is 14.4 Å². The summed E-state index contributed by atoms with van der Waals surface area (Å²) in [4.78, 5) is 38.3. The van der Waals surface area contributed by atoms with Crippen LogP contribution in [0.3, 0.4) is 0 Å². The predicted octanol–water partition coefficient (Wildman–Crippen LogP) is 2.63. The Kier molecular flexibility index (Phi) is 8.06. The Morgan fingerprint density at radius 2 is 1.83 bits per heavy atom. The summed E-state index contributed by atoms with van der Waals surface area (Å²) in [6.45, 7) is 8.52. The van der Waals surface area contributed by atoms with Gasteiger partial charge in [-0.05, 0) is 46.6 Å². The number of rotatable bonds is 5. The normalized spacial score (nSPS) is 17.8. The van der Waals surface area contributed by atoms with E-state index in [2.05, 4.69) is 5.32 Å². The second-order valence-electron chi connectivity index (χ2n) is 8.45. The van der Waals surface area contributed by atoms with Crippen molar-refractivity contribution >= 4 is 30.5 Å². The van der Waals surface area contributed by atoms with E-state index >= 15 is 0 Å². The molecule has 1 saturated heterocycles. The van der Waals surface area contributed by atoms with Crippen molar-refractivity contribution in [1.29, 1.82) is 0 Å². The van der Waals surface area contributed by atoms with Crippen LogP contribution in [0, 0.1) is 0 Å². The molecule has 2 rings (SSSR count). The van der Waals surface area contributed by atoms with Gasteiger partial charge in [0.15, 0.2) is 0 Å². The van der Waals surface area contributed by atoms with Gasteiger partial charge in [0.2, 0.25) is 0 Å². The highest BCUT2D eigenvalue weighted by Gasteiger charge is 2.44. The average molecular weight is 428 g/mol. The van der Waals surface area contributed by atoms with Gasteiger partial charge in [-0.25, -0.2) is 14.5 Å². The topological polar surface area (TPSA) is 111 Å². The molecular formula is C20H30ClN3O5. The summed E-state index contributed by atoms with van der Waals surface area (Å²) in [5.74, 6) is -0.607. The third kappa shape index (κ3) is 6.61. The number of imide groups is 1. The van der Waals surface area contributed by atoms with E-state index < -0.39 is 41.3 Å².